The number of fused-ring (bicyclic) bond motifs is 3. The highest BCUT2D eigenvalue weighted by atomic mass is 19.1. The maximum absolute atomic E-state index is 17.4. The smallest absolute Gasteiger partial charge is 0.319 e. The zero-order valence-electron chi connectivity index (χ0n) is 32.8. The Labute approximate surface area is 331 Å². The number of methoxy groups -OCH3 is 1. The molecular formula is C43H50F2N6O6. The molecule has 1 amide bonds. The minimum absolute atomic E-state index is 0.0213. The molecule has 4 fully saturated rings. The number of piperidine rings is 2. The second kappa shape index (κ2) is 15.5. The number of β-amino-alcohol motifs (C(OH)–C–C–N with tert-alkyl or cyclic N) is 1. The Kier molecular flexibility index (Phi) is 10.6. The third-order valence-electron chi connectivity index (χ3n) is 12.5. The highest BCUT2D eigenvalue weighted by molar-refractivity contribution is 6.04. The molecule has 5 heterocycles. The van der Waals surface area contributed by atoms with Gasteiger partial charge in [0.15, 0.2) is 5.82 Å². The molecule has 2 aromatic heterocycles. The molecule has 57 heavy (non-hydrogen) atoms. The van der Waals surface area contributed by atoms with Gasteiger partial charge in [0, 0.05) is 54.5 Å². The number of benzene rings is 2. The van der Waals surface area contributed by atoms with Crippen molar-refractivity contribution < 1.29 is 38.0 Å². The number of likely N-dealkylation sites (tertiary alicyclic amines) is 2. The molecule has 14 heteroatoms. The molecule has 0 radical (unpaired) electrons. The number of hydrogen-bond donors (Lipinski definition) is 2. The Morgan fingerprint density at radius 3 is 2.61 bits per heavy atom. The second-order valence-corrected chi connectivity index (χ2v) is 16.3. The van der Waals surface area contributed by atoms with Gasteiger partial charge in [-0.1, -0.05) is 25.3 Å². The number of halogens is 2. The quantitative estimate of drug-likeness (QED) is 0.210. The van der Waals surface area contributed by atoms with Gasteiger partial charge in [-0.15, -0.1) is 6.42 Å². The monoisotopic (exact) mass is 784 g/mol. The number of aromatic nitrogens is 3. The zero-order chi connectivity index (χ0) is 40.1. The van der Waals surface area contributed by atoms with Gasteiger partial charge in [0.25, 0.3) is 0 Å². The molecule has 1 aliphatic carbocycles. The number of phenolic OH excluding ortho intramolecular Hbond substituents is 1. The van der Waals surface area contributed by atoms with Gasteiger partial charge in [-0.05, 0) is 75.6 Å². The molecule has 3 saturated heterocycles. The van der Waals surface area contributed by atoms with Crippen molar-refractivity contribution in [3.05, 3.63) is 41.5 Å². The van der Waals surface area contributed by atoms with Crippen LogP contribution in [0.2, 0.25) is 0 Å². The van der Waals surface area contributed by atoms with Gasteiger partial charge in [-0.25, -0.2) is 13.8 Å². The summed E-state index contributed by atoms with van der Waals surface area (Å²) in [6.45, 7) is 7.24. The number of amides is 1. The standard InChI is InChI=1S/C43H50F2N6O6/c1-5-29-31(44)11-10-26-21-28(52)22-30(34(26)29)37-36(45)38-35(40(46-37)55-4)39(50-19-20-56-24-42(3,54)23-50)48-41(47-38)57-25-43-14-7-9-32(43)51(16-8-15-43)27-12-17-49(18-13-27)33(53)6-2/h1,10-11,21-22,27,32,52,54H,6-9,12-20,23-25H2,2-4H3/t32-,42+,43-/m1/s1. The van der Waals surface area contributed by atoms with Crippen LogP contribution in [-0.2, 0) is 9.53 Å². The van der Waals surface area contributed by atoms with E-state index in [0.717, 1.165) is 64.6 Å². The number of carbonyl (C=O) groups excluding carboxylic acids is 1. The van der Waals surface area contributed by atoms with Crippen LogP contribution in [0.15, 0.2) is 24.3 Å². The fraction of sp³-hybridized carbons (Fsp3) is 0.535. The van der Waals surface area contributed by atoms with Crippen molar-refractivity contribution in [3.8, 4) is 41.2 Å². The van der Waals surface area contributed by atoms with E-state index in [1.807, 2.05) is 11.8 Å². The topological polar surface area (TPSA) is 134 Å². The van der Waals surface area contributed by atoms with Gasteiger partial charge in [0.05, 0.1) is 39.0 Å². The number of terminal acetylenes is 1. The van der Waals surface area contributed by atoms with E-state index in [1.165, 1.54) is 31.4 Å². The summed E-state index contributed by atoms with van der Waals surface area (Å²) < 4.78 is 50.6. The van der Waals surface area contributed by atoms with E-state index in [9.17, 15) is 15.0 Å². The first-order valence-electron chi connectivity index (χ1n) is 20.0. The number of hydrogen-bond acceptors (Lipinski definition) is 11. The summed E-state index contributed by atoms with van der Waals surface area (Å²) in [4.78, 5) is 33.1. The van der Waals surface area contributed by atoms with Crippen LogP contribution >= 0.6 is 0 Å². The molecule has 2 aromatic carbocycles. The van der Waals surface area contributed by atoms with E-state index in [0.29, 0.717) is 37.0 Å². The Hall–Kier alpha value is -4.84. The Balaban J connectivity index is 1.21. The number of ether oxygens (including phenoxy) is 3. The molecule has 0 unspecified atom stereocenters. The largest absolute Gasteiger partial charge is 0.508 e. The van der Waals surface area contributed by atoms with E-state index in [1.54, 1.807) is 11.8 Å². The molecule has 3 aliphatic heterocycles. The van der Waals surface area contributed by atoms with Crippen LogP contribution in [0.3, 0.4) is 0 Å². The average Bonchev–Trinajstić information content (AvgIpc) is 3.56. The van der Waals surface area contributed by atoms with Crippen LogP contribution in [0.4, 0.5) is 14.6 Å². The fourth-order valence-corrected chi connectivity index (χ4v) is 9.91. The molecule has 1 saturated carbocycles. The molecule has 3 atom stereocenters. The minimum atomic E-state index is -1.26. The molecule has 2 N–H and O–H groups in total. The lowest BCUT2D eigenvalue weighted by atomic mass is 9.74. The lowest BCUT2D eigenvalue weighted by molar-refractivity contribution is -0.133. The van der Waals surface area contributed by atoms with Crippen molar-refractivity contribution in [2.24, 2.45) is 5.41 Å². The number of rotatable bonds is 8. The van der Waals surface area contributed by atoms with E-state index in [2.05, 4.69) is 15.8 Å². The molecule has 0 spiro atoms. The summed E-state index contributed by atoms with van der Waals surface area (Å²) in [5.74, 6) is 1.08. The predicted molar refractivity (Wildman–Crippen MR) is 211 cm³/mol. The molecular weight excluding hydrogens is 735 g/mol. The lowest BCUT2D eigenvalue weighted by Crippen LogP contribution is -2.57. The van der Waals surface area contributed by atoms with Gasteiger partial charge in [0.1, 0.15) is 39.6 Å². The molecule has 12 nitrogen and oxygen atoms in total. The third kappa shape index (κ3) is 7.19. The van der Waals surface area contributed by atoms with Gasteiger partial charge in [0.2, 0.25) is 11.8 Å². The molecule has 302 valence electrons. The fourth-order valence-electron chi connectivity index (χ4n) is 9.91. The van der Waals surface area contributed by atoms with Crippen LogP contribution in [0.1, 0.15) is 70.8 Å². The number of aliphatic hydroxyl groups is 1. The van der Waals surface area contributed by atoms with Crippen LogP contribution in [0.5, 0.6) is 17.6 Å². The van der Waals surface area contributed by atoms with Crippen molar-refractivity contribution in [2.45, 2.75) is 82.9 Å². The number of anilines is 1. The SMILES string of the molecule is C#Cc1c(F)ccc2cc(O)cc(-c3nc(OC)c4c(N5CCOC[C@@](C)(O)C5)nc(OC[C@]56CCC[C@H]5N(C5CCN(C(=O)CC)CC5)CCC6)nc4c3F)c12. The molecule has 4 aliphatic rings. The van der Waals surface area contributed by atoms with Crippen LogP contribution in [0, 0.1) is 29.4 Å². The molecule has 8 rings (SSSR count). The van der Waals surface area contributed by atoms with E-state index >= 15 is 8.78 Å². The highest BCUT2D eigenvalue weighted by Gasteiger charge is 2.50. The van der Waals surface area contributed by atoms with Gasteiger partial charge in [-0.3, -0.25) is 9.69 Å². The first-order chi connectivity index (χ1) is 27.5. The molecule has 0 bridgehead atoms. The van der Waals surface area contributed by atoms with Gasteiger partial charge in [-0.2, -0.15) is 9.97 Å². The van der Waals surface area contributed by atoms with Gasteiger partial charge < -0.3 is 34.2 Å². The number of phenols is 1. The Bertz CT molecular complexity index is 2240. The van der Waals surface area contributed by atoms with Crippen LogP contribution < -0.4 is 14.4 Å². The second-order valence-electron chi connectivity index (χ2n) is 16.3. The zero-order valence-corrected chi connectivity index (χ0v) is 32.8. The summed E-state index contributed by atoms with van der Waals surface area (Å²) in [5.41, 5.74) is -1.88. The number of pyridine rings is 1. The van der Waals surface area contributed by atoms with Crippen molar-refractivity contribution in [1.82, 2.24) is 24.8 Å². The third-order valence-corrected chi connectivity index (χ3v) is 12.5. The lowest BCUT2D eigenvalue weighted by Gasteiger charge is -2.50. The summed E-state index contributed by atoms with van der Waals surface area (Å²) >= 11 is 0. The van der Waals surface area contributed by atoms with Crippen molar-refractivity contribution >= 4 is 33.4 Å². The summed E-state index contributed by atoms with van der Waals surface area (Å²) in [6.07, 6.45) is 13.2. The van der Waals surface area contributed by atoms with Crippen LogP contribution in [0.25, 0.3) is 32.9 Å². The number of carbonyl (C=O) groups is 1. The van der Waals surface area contributed by atoms with Crippen molar-refractivity contribution in [1.29, 1.82) is 0 Å². The number of aromatic hydroxyl groups is 1. The van der Waals surface area contributed by atoms with E-state index in [-0.39, 0.29) is 87.6 Å². The average molecular weight is 785 g/mol. The predicted octanol–water partition coefficient (Wildman–Crippen LogP) is 5.82. The van der Waals surface area contributed by atoms with E-state index < -0.39 is 17.2 Å². The summed E-state index contributed by atoms with van der Waals surface area (Å²) in [6, 6.07) is 6.02. The van der Waals surface area contributed by atoms with Crippen molar-refractivity contribution in [3.63, 3.8) is 0 Å². The van der Waals surface area contributed by atoms with Gasteiger partial charge >= 0.3 is 6.01 Å². The first-order valence-corrected chi connectivity index (χ1v) is 20.0. The highest BCUT2D eigenvalue weighted by Crippen LogP contribution is 2.50. The minimum Gasteiger partial charge on any atom is -0.508 e. The number of nitrogens with zero attached hydrogens (tertiary/aromatic N) is 6. The maximum Gasteiger partial charge on any atom is 0.319 e. The maximum atomic E-state index is 17.4. The van der Waals surface area contributed by atoms with Crippen LogP contribution in [-0.4, -0.2) is 118 Å². The summed E-state index contributed by atoms with van der Waals surface area (Å²) in [5, 5.41) is 22.7. The first kappa shape index (κ1) is 39.0. The van der Waals surface area contributed by atoms with E-state index in [4.69, 9.17) is 30.6 Å². The normalized spacial score (nSPS) is 24.7. The summed E-state index contributed by atoms with van der Waals surface area (Å²) in [7, 11) is 1.40. The van der Waals surface area contributed by atoms with Crippen molar-refractivity contribution in [2.75, 3.05) is 64.6 Å². The molecule has 4 aromatic rings. The Morgan fingerprint density at radius 1 is 1.07 bits per heavy atom. The Morgan fingerprint density at radius 2 is 1.86 bits per heavy atom.